The number of rotatable bonds is 7. The first kappa shape index (κ1) is 15.7. The summed E-state index contributed by atoms with van der Waals surface area (Å²) in [4.78, 5) is 0.170. The van der Waals surface area contributed by atoms with E-state index in [4.69, 9.17) is 5.11 Å². The SMILES string of the molecule is Cc1nn(CCCO)c(C)c1S(=O)(=O)NCc1ccon1. The zero-order valence-corrected chi connectivity index (χ0v) is 12.7. The third-order valence-electron chi connectivity index (χ3n) is 3.05. The lowest BCUT2D eigenvalue weighted by molar-refractivity contribution is 0.276. The van der Waals surface area contributed by atoms with Crippen LogP contribution in [-0.4, -0.2) is 35.1 Å². The summed E-state index contributed by atoms with van der Waals surface area (Å²) in [5.41, 5.74) is 1.48. The molecule has 0 aliphatic heterocycles. The van der Waals surface area contributed by atoms with Gasteiger partial charge in [0.05, 0.1) is 23.6 Å². The van der Waals surface area contributed by atoms with Crippen LogP contribution in [0.15, 0.2) is 21.7 Å². The van der Waals surface area contributed by atoms with Crippen LogP contribution in [0.5, 0.6) is 0 Å². The zero-order chi connectivity index (χ0) is 15.5. The van der Waals surface area contributed by atoms with E-state index in [9.17, 15) is 8.42 Å². The number of nitrogens with zero attached hydrogens (tertiary/aromatic N) is 3. The molecule has 2 rings (SSSR count). The Hall–Kier alpha value is -1.71. The summed E-state index contributed by atoms with van der Waals surface area (Å²) in [5.74, 6) is 0. The molecule has 0 unspecified atom stereocenters. The normalized spacial score (nSPS) is 12.0. The van der Waals surface area contributed by atoms with Crippen LogP contribution >= 0.6 is 0 Å². The van der Waals surface area contributed by atoms with Gasteiger partial charge in [0.25, 0.3) is 0 Å². The molecule has 2 N–H and O–H groups in total. The highest BCUT2D eigenvalue weighted by atomic mass is 32.2. The smallest absolute Gasteiger partial charge is 0.244 e. The van der Waals surface area contributed by atoms with Gasteiger partial charge >= 0.3 is 0 Å². The highest BCUT2D eigenvalue weighted by Crippen LogP contribution is 2.19. The van der Waals surface area contributed by atoms with Crippen LogP contribution in [0, 0.1) is 13.8 Å². The van der Waals surface area contributed by atoms with Gasteiger partial charge in [-0.25, -0.2) is 13.1 Å². The number of hydrogen-bond donors (Lipinski definition) is 2. The maximum atomic E-state index is 12.4. The molecule has 0 aliphatic rings. The molecular weight excluding hydrogens is 296 g/mol. The molecule has 8 nitrogen and oxygen atoms in total. The molecule has 2 aromatic rings. The van der Waals surface area contributed by atoms with Crippen molar-refractivity contribution >= 4 is 10.0 Å². The van der Waals surface area contributed by atoms with E-state index in [0.717, 1.165) is 0 Å². The maximum absolute atomic E-state index is 12.4. The lowest BCUT2D eigenvalue weighted by Crippen LogP contribution is -2.24. The van der Waals surface area contributed by atoms with Crippen LogP contribution in [0.2, 0.25) is 0 Å². The molecule has 0 fully saturated rings. The fourth-order valence-electron chi connectivity index (χ4n) is 2.08. The third-order valence-corrected chi connectivity index (χ3v) is 4.70. The first-order valence-corrected chi connectivity index (χ1v) is 7.98. The van der Waals surface area contributed by atoms with Crippen molar-refractivity contribution in [2.45, 2.75) is 38.3 Å². The molecule has 0 bridgehead atoms. The first-order valence-electron chi connectivity index (χ1n) is 6.49. The van der Waals surface area contributed by atoms with Crippen LogP contribution < -0.4 is 4.72 Å². The van der Waals surface area contributed by atoms with Gasteiger partial charge in [-0.15, -0.1) is 0 Å². The molecule has 0 amide bonds. The van der Waals surface area contributed by atoms with Crippen molar-refractivity contribution < 1.29 is 18.0 Å². The van der Waals surface area contributed by atoms with E-state index in [0.29, 0.717) is 30.0 Å². The van der Waals surface area contributed by atoms with Gasteiger partial charge < -0.3 is 9.63 Å². The minimum Gasteiger partial charge on any atom is -0.396 e. The Morgan fingerprint density at radius 3 is 2.81 bits per heavy atom. The first-order chi connectivity index (χ1) is 9.95. The van der Waals surface area contributed by atoms with Crippen molar-refractivity contribution in [3.63, 3.8) is 0 Å². The van der Waals surface area contributed by atoms with Crippen LogP contribution in [0.1, 0.15) is 23.5 Å². The van der Waals surface area contributed by atoms with Crippen molar-refractivity contribution in [2.24, 2.45) is 0 Å². The fourth-order valence-corrected chi connectivity index (χ4v) is 3.48. The Bertz CT molecular complexity index is 691. The second-order valence-electron chi connectivity index (χ2n) is 4.62. The number of aliphatic hydroxyl groups excluding tert-OH is 1. The Morgan fingerprint density at radius 2 is 2.19 bits per heavy atom. The summed E-state index contributed by atoms with van der Waals surface area (Å²) in [7, 11) is -3.68. The molecular formula is C12H18N4O4S. The van der Waals surface area contributed by atoms with E-state index < -0.39 is 10.0 Å². The molecule has 9 heteroatoms. The summed E-state index contributed by atoms with van der Waals surface area (Å²) >= 11 is 0. The molecule has 0 saturated heterocycles. The van der Waals surface area contributed by atoms with Crippen LogP contribution in [0.25, 0.3) is 0 Å². The van der Waals surface area contributed by atoms with E-state index >= 15 is 0 Å². The molecule has 0 radical (unpaired) electrons. The molecule has 0 aliphatic carbocycles. The van der Waals surface area contributed by atoms with Crippen LogP contribution in [-0.2, 0) is 23.1 Å². The second kappa shape index (κ2) is 6.37. The van der Waals surface area contributed by atoms with Gasteiger partial charge in [0.1, 0.15) is 11.2 Å². The van der Waals surface area contributed by atoms with Crippen molar-refractivity contribution in [2.75, 3.05) is 6.61 Å². The number of hydrogen-bond acceptors (Lipinski definition) is 6. The number of aliphatic hydroxyl groups is 1. The summed E-state index contributed by atoms with van der Waals surface area (Å²) in [6.07, 6.45) is 1.90. The molecule has 0 saturated carbocycles. The Kier molecular flexibility index (Phi) is 4.76. The zero-order valence-electron chi connectivity index (χ0n) is 11.9. The van der Waals surface area contributed by atoms with Gasteiger partial charge in [0.15, 0.2) is 0 Å². The van der Waals surface area contributed by atoms with Crippen molar-refractivity contribution in [3.8, 4) is 0 Å². The predicted molar refractivity (Wildman–Crippen MR) is 73.9 cm³/mol. The minimum absolute atomic E-state index is 0.0326. The van der Waals surface area contributed by atoms with Gasteiger partial charge in [-0.05, 0) is 20.3 Å². The highest BCUT2D eigenvalue weighted by molar-refractivity contribution is 7.89. The standard InChI is InChI=1S/C12H18N4O4S/c1-9-12(10(2)16(14-9)5-3-6-17)21(18,19)13-8-11-4-7-20-15-11/h4,7,13,17H,3,5-6,8H2,1-2H3. The largest absolute Gasteiger partial charge is 0.396 e. The Morgan fingerprint density at radius 1 is 1.43 bits per heavy atom. The molecule has 2 heterocycles. The summed E-state index contributed by atoms with van der Waals surface area (Å²) in [5, 5.41) is 16.7. The summed E-state index contributed by atoms with van der Waals surface area (Å²) < 4.78 is 33.5. The van der Waals surface area contributed by atoms with Gasteiger partial charge in [-0.1, -0.05) is 5.16 Å². The monoisotopic (exact) mass is 314 g/mol. The second-order valence-corrected chi connectivity index (χ2v) is 6.32. The van der Waals surface area contributed by atoms with E-state index in [1.165, 1.54) is 6.26 Å². The average Bonchev–Trinajstić information content (AvgIpc) is 3.03. The third kappa shape index (κ3) is 3.49. The predicted octanol–water partition coefficient (Wildman–Crippen LogP) is 0.349. The number of aryl methyl sites for hydroxylation is 2. The molecule has 0 atom stereocenters. The van der Waals surface area contributed by atoms with Crippen LogP contribution in [0.3, 0.4) is 0 Å². The molecule has 116 valence electrons. The average molecular weight is 314 g/mol. The Labute approximate surface area is 122 Å². The molecule has 2 aromatic heterocycles. The molecule has 0 spiro atoms. The van der Waals surface area contributed by atoms with Gasteiger partial charge in [-0.3, -0.25) is 4.68 Å². The highest BCUT2D eigenvalue weighted by Gasteiger charge is 2.24. The lowest BCUT2D eigenvalue weighted by Gasteiger charge is -2.06. The van der Waals surface area contributed by atoms with E-state index in [2.05, 4.69) is 19.5 Å². The van der Waals surface area contributed by atoms with Crippen molar-refractivity contribution in [3.05, 3.63) is 29.4 Å². The molecule has 21 heavy (non-hydrogen) atoms. The maximum Gasteiger partial charge on any atom is 0.244 e. The van der Waals surface area contributed by atoms with E-state index in [1.54, 1.807) is 24.6 Å². The quantitative estimate of drug-likeness (QED) is 0.763. The van der Waals surface area contributed by atoms with Gasteiger partial charge in [0, 0.05) is 19.2 Å². The lowest BCUT2D eigenvalue weighted by atomic mass is 10.4. The van der Waals surface area contributed by atoms with Crippen molar-refractivity contribution in [1.82, 2.24) is 19.7 Å². The topological polar surface area (TPSA) is 110 Å². The molecule has 0 aromatic carbocycles. The summed E-state index contributed by atoms with van der Waals surface area (Å²) in [6, 6.07) is 1.59. The fraction of sp³-hybridized carbons (Fsp3) is 0.500. The number of sulfonamides is 1. The van der Waals surface area contributed by atoms with Crippen molar-refractivity contribution in [1.29, 1.82) is 0 Å². The van der Waals surface area contributed by atoms with Crippen LogP contribution in [0.4, 0.5) is 0 Å². The number of aromatic nitrogens is 3. The Balaban J connectivity index is 2.21. The van der Waals surface area contributed by atoms with E-state index in [-0.39, 0.29) is 18.0 Å². The minimum atomic E-state index is -3.68. The van der Waals surface area contributed by atoms with Gasteiger partial charge in [-0.2, -0.15) is 5.10 Å². The summed E-state index contributed by atoms with van der Waals surface area (Å²) in [6.45, 7) is 3.90. The number of nitrogens with one attached hydrogen (secondary N) is 1. The van der Waals surface area contributed by atoms with Gasteiger partial charge in [0.2, 0.25) is 10.0 Å². The van der Waals surface area contributed by atoms with E-state index in [1.807, 2.05) is 0 Å².